The van der Waals surface area contributed by atoms with Gasteiger partial charge >= 0.3 is 0 Å². The molecule has 0 fully saturated rings. The highest BCUT2D eigenvalue weighted by molar-refractivity contribution is 6.05. The fourth-order valence-electron chi connectivity index (χ4n) is 2.86. The Morgan fingerprint density at radius 1 is 0.893 bits per heavy atom. The standard InChI is InChI=1S/C22H17N5O/c1-15-25-9-8-21(26-15)17-5-3-7-20(11-17)27-22(28)18-6-2-4-16(10-18)19-12-23-14-24-13-19/h2-14H,1H3,(H,27,28). The molecule has 0 unspecified atom stereocenters. The molecule has 0 aliphatic rings. The fraction of sp³-hybridized carbons (Fsp3) is 0.0455. The summed E-state index contributed by atoms with van der Waals surface area (Å²) in [7, 11) is 0. The van der Waals surface area contributed by atoms with Crippen LogP contribution in [-0.4, -0.2) is 25.8 Å². The molecule has 28 heavy (non-hydrogen) atoms. The van der Waals surface area contributed by atoms with Crippen LogP contribution in [0.5, 0.6) is 0 Å². The smallest absolute Gasteiger partial charge is 0.255 e. The van der Waals surface area contributed by atoms with Crippen molar-refractivity contribution in [2.24, 2.45) is 0 Å². The van der Waals surface area contributed by atoms with Crippen molar-refractivity contribution in [1.29, 1.82) is 0 Å². The number of aryl methyl sites for hydroxylation is 1. The molecule has 4 aromatic rings. The second-order valence-corrected chi connectivity index (χ2v) is 6.23. The van der Waals surface area contributed by atoms with E-state index < -0.39 is 0 Å². The quantitative estimate of drug-likeness (QED) is 0.586. The molecular formula is C22H17N5O. The van der Waals surface area contributed by atoms with Crippen molar-refractivity contribution < 1.29 is 4.79 Å². The molecule has 0 saturated heterocycles. The maximum atomic E-state index is 12.7. The van der Waals surface area contributed by atoms with Gasteiger partial charge in [-0.3, -0.25) is 4.79 Å². The van der Waals surface area contributed by atoms with Gasteiger partial charge < -0.3 is 5.32 Å². The Labute approximate surface area is 162 Å². The molecule has 4 rings (SSSR count). The highest BCUT2D eigenvalue weighted by Gasteiger charge is 2.09. The van der Waals surface area contributed by atoms with E-state index in [9.17, 15) is 4.79 Å². The minimum atomic E-state index is -0.185. The molecule has 6 nitrogen and oxygen atoms in total. The van der Waals surface area contributed by atoms with Crippen LogP contribution >= 0.6 is 0 Å². The first-order valence-corrected chi connectivity index (χ1v) is 8.76. The lowest BCUT2D eigenvalue weighted by atomic mass is 10.1. The number of carbonyl (C=O) groups excluding carboxylic acids is 1. The molecule has 1 amide bonds. The SMILES string of the molecule is Cc1nccc(-c2cccc(NC(=O)c3cccc(-c4cncnc4)c3)c2)n1. The molecule has 0 aliphatic heterocycles. The number of carbonyl (C=O) groups is 1. The van der Waals surface area contributed by atoms with E-state index in [1.807, 2.05) is 55.5 Å². The van der Waals surface area contributed by atoms with Crippen LogP contribution in [0.15, 0.2) is 79.5 Å². The van der Waals surface area contributed by atoms with Gasteiger partial charge in [-0.15, -0.1) is 0 Å². The van der Waals surface area contributed by atoms with Crippen molar-refractivity contribution in [3.05, 3.63) is 90.9 Å². The van der Waals surface area contributed by atoms with Crippen LogP contribution in [0.1, 0.15) is 16.2 Å². The second-order valence-electron chi connectivity index (χ2n) is 6.23. The summed E-state index contributed by atoms with van der Waals surface area (Å²) in [4.78, 5) is 29.3. The normalized spacial score (nSPS) is 10.5. The first kappa shape index (κ1) is 17.5. The molecule has 0 spiro atoms. The van der Waals surface area contributed by atoms with Crippen LogP contribution in [0.25, 0.3) is 22.4 Å². The van der Waals surface area contributed by atoms with Crippen molar-refractivity contribution in [1.82, 2.24) is 19.9 Å². The van der Waals surface area contributed by atoms with Crippen molar-refractivity contribution in [3.8, 4) is 22.4 Å². The maximum Gasteiger partial charge on any atom is 0.255 e. The summed E-state index contributed by atoms with van der Waals surface area (Å²) in [5.41, 5.74) is 4.74. The third kappa shape index (κ3) is 3.91. The Hall–Kier alpha value is -3.93. The van der Waals surface area contributed by atoms with E-state index in [0.29, 0.717) is 17.1 Å². The molecule has 1 N–H and O–H groups in total. The summed E-state index contributed by atoms with van der Waals surface area (Å²) in [6.45, 7) is 1.85. The number of amides is 1. The molecule has 0 bridgehead atoms. The number of aromatic nitrogens is 4. The van der Waals surface area contributed by atoms with Gasteiger partial charge in [0, 0.05) is 41.0 Å². The number of rotatable bonds is 4. The predicted molar refractivity (Wildman–Crippen MR) is 108 cm³/mol. The topological polar surface area (TPSA) is 80.7 Å². The number of hydrogen-bond acceptors (Lipinski definition) is 5. The Morgan fingerprint density at radius 3 is 2.50 bits per heavy atom. The Bertz CT molecular complexity index is 1130. The van der Waals surface area contributed by atoms with Gasteiger partial charge in [0.15, 0.2) is 0 Å². The zero-order valence-electron chi connectivity index (χ0n) is 15.2. The molecule has 2 aromatic carbocycles. The van der Waals surface area contributed by atoms with Gasteiger partial charge in [-0.05, 0) is 42.8 Å². The van der Waals surface area contributed by atoms with E-state index >= 15 is 0 Å². The van der Waals surface area contributed by atoms with Crippen LogP contribution in [-0.2, 0) is 0 Å². The summed E-state index contributed by atoms with van der Waals surface area (Å²) in [6.07, 6.45) is 6.64. The minimum Gasteiger partial charge on any atom is -0.322 e. The minimum absolute atomic E-state index is 0.185. The summed E-state index contributed by atoms with van der Waals surface area (Å²) >= 11 is 0. The van der Waals surface area contributed by atoms with Crippen LogP contribution in [0, 0.1) is 6.92 Å². The molecule has 6 heteroatoms. The monoisotopic (exact) mass is 367 g/mol. The molecule has 0 radical (unpaired) electrons. The van der Waals surface area contributed by atoms with Gasteiger partial charge in [0.2, 0.25) is 0 Å². The summed E-state index contributed by atoms with van der Waals surface area (Å²) in [6, 6.07) is 16.8. The number of nitrogens with one attached hydrogen (secondary N) is 1. The number of nitrogens with zero attached hydrogens (tertiary/aromatic N) is 4. The average molecular weight is 367 g/mol. The number of hydrogen-bond donors (Lipinski definition) is 1. The third-order valence-electron chi connectivity index (χ3n) is 4.21. The van der Waals surface area contributed by atoms with E-state index in [-0.39, 0.29) is 5.91 Å². The first-order valence-electron chi connectivity index (χ1n) is 8.76. The van der Waals surface area contributed by atoms with Gasteiger partial charge in [0.05, 0.1) is 5.69 Å². The zero-order valence-corrected chi connectivity index (χ0v) is 15.2. The Kier molecular flexibility index (Phi) is 4.84. The van der Waals surface area contributed by atoms with Crippen molar-refractivity contribution >= 4 is 11.6 Å². The highest BCUT2D eigenvalue weighted by Crippen LogP contribution is 2.22. The lowest BCUT2D eigenvalue weighted by molar-refractivity contribution is 0.102. The maximum absolute atomic E-state index is 12.7. The van der Waals surface area contributed by atoms with Crippen molar-refractivity contribution in [2.75, 3.05) is 5.32 Å². The van der Waals surface area contributed by atoms with Gasteiger partial charge in [-0.1, -0.05) is 24.3 Å². The van der Waals surface area contributed by atoms with Crippen molar-refractivity contribution in [2.45, 2.75) is 6.92 Å². The molecule has 0 saturated carbocycles. The van der Waals surface area contributed by atoms with E-state index in [0.717, 1.165) is 22.4 Å². The first-order chi connectivity index (χ1) is 13.7. The van der Waals surface area contributed by atoms with Gasteiger partial charge in [0.25, 0.3) is 5.91 Å². The van der Waals surface area contributed by atoms with Gasteiger partial charge in [-0.2, -0.15) is 0 Å². The molecule has 0 atom stereocenters. The summed E-state index contributed by atoms with van der Waals surface area (Å²) in [5.74, 6) is 0.517. The molecule has 2 heterocycles. The van der Waals surface area contributed by atoms with Crippen LogP contribution in [0.2, 0.25) is 0 Å². The van der Waals surface area contributed by atoms with Gasteiger partial charge in [0.1, 0.15) is 12.2 Å². The Balaban J connectivity index is 1.57. The second kappa shape index (κ2) is 7.75. The van der Waals surface area contributed by atoms with Crippen LogP contribution in [0.4, 0.5) is 5.69 Å². The zero-order chi connectivity index (χ0) is 19.3. The lowest BCUT2D eigenvalue weighted by Gasteiger charge is -2.09. The van der Waals surface area contributed by atoms with Crippen LogP contribution in [0.3, 0.4) is 0 Å². The van der Waals surface area contributed by atoms with E-state index in [2.05, 4.69) is 25.3 Å². The fourth-order valence-corrected chi connectivity index (χ4v) is 2.86. The van der Waals surface area contributed by atoms with Crippen molar-refractivity contribution in [3.63, 3.8) is 0 Å². The molecule has 2 aromatic heterocycles. The predicted octanol–water partition coefficient (Wildman–Crippen LogP) is 4.16. The molecular weight excluding hydrogens is 350 g/mol. The van der Waals surface area contributed by atoms with Gasteiger partial charge in [-0.25, -0.2) is 19.9 Å². The summed E-state index contributed by atoms with van der Waals surface area (Å²) in [5, 5.41) is 2.95. The van der Waals surface area contributed by atoms with E-state index in [1.54, 1.807) is 24.7 Å². The highest BCUT2D eigenvalue weighted by atomic mass is 16.1. The number of benzene rings is 2. The largest absolute Gasteiger partial charge is 0.322 e. The average Bonchev–Trinajstić information content (AvgIpc) is 2.75. The van der Waals surface area contributed by atoms with E-state index in [4.69, 9.17) is 0 Å². The number of anilines is 1. The third-order valence-corrected chi connectivity index (χ3v) is 4.21. The molecule has 136 valence electrons. The Morgan fingerprint density at radius 2 is 1.68 bits per heavy atom. The van der Waals surface area contributed by atoms with Crippen LogP contribution < -0.4 is 5.32 Å². The summed E-state index contributed by atoms with van der Waals surface area (Å²) < 4.78 is 0. The van der Waals surface area contributed by atoms with E-state index in [1.165, 1.54) is 6.33 Å². The molecule has 0 aliphatic carbocycles. The lowest BCUT2D eigenvalue weighted by Crippen LogP contribution is -2.12.